The van der Waals surface area contributed by atoms with E-state index in [-0.39, 0.29) is 22.5 Å². The molecule has 1 aliphatic rings. The molecular weight excluding hydrogens is 344 g/mol. The number of aromatic amines is 2. The number of nitrogens with one attached hydrogen (secondary N) is 2. The van der Waals surface area contributed by atoms with E-state index in [9.17, 15) is 4.79 Å². The Bertz CT molecular complexity index is 831. The molecule has 2 heterocycles. The predicted molar refractivity (Wildman–Crippen MR) is 90.9 cm³/mol. The van der Waals surface area contributed by atoms with Crippen LogP contribution in [0.15, 0.2) is 41.3 Å². The number of H-pyrrole nitrogens is 2. The monoisotopic (exact) mass is 360 g/mol. The highest BCUT2D eigenvalue weighted by Crippen LogP contribution is 2.19. The molecule has 6 heteroatoms. The topological polar surface area (TPSA) is 66.5 Å². The minimum absolute atomic E-state index is 0. The van der Waals surface area contributed by atoms with Crippen LogP contribution in [0.4, 0.5) is 0 Å². The third-order valence-corrected chi connectivity index (χ3v) is 4.03. The van der Waals surface area contributed by atoms with Crippen LogP contribution in [0, 0.1) is 0 Å². The molecule has 1 aliphatic carbocycles. The first-order valence-electron chi connectivity index (χ1n) is 7.26. The number of nitrogens with zero attached hydrogens (tertiary/aromatic N) is 2. The van der Waals surface area contributed by atoms with Crippen molar-refractivity contribution in [1.29, 1.82) is 0 Å². The summed E-state index contributed by atoms with van der Waals surface area (Å²) in [6.45, 7) is 0. The fourth-order valence-corrected chi connectivity index (χ4v) is 2.92. The smallest absolute Gasteiger partial charge is 0.277 e. The molecule has 114 valence electrons. The van der Waals surface area contributed by atoms with Crippen LogP contribution in [0.2, 0.25) is 0 Å². The second-order valence-corrected chi connectivity index (χ2v) is 5.40. The normalized spacial score (nSPS) is 13.5. The minimum atomic E-state index is 0. The van der Waals surface area contributed by atoms with Gasteiger partial charge < -0.3 is 4.98 Å². The van der Waals surface area contributed by atoms with Crippen molar-refractivity contribution < 1.29 is 0 Å². The molecule has 3 aromatic rings. The first-order chi connectivity index (χ1) is 10.3. The van der Waals surface area contributed by atoms with Crippen LogP contribution in [0.1, 0.15) is 24.1 Å². The van der Waals surface area contributed by atoms with E-state index in [2.05, 4.69) is 15.1 Å². The number of imidazole rings is 1. The zero-order chi connectivity index (χ0) is 14.2. The lowest BCUT2D eigenvalue weighted by molar-refractivity contribution is 0.669. The lowest BCUT2D eigenvalue weighted by Crippen LogP contribution is -2.19. The van der Waals surface area contributed by atoms with Gasteiger partial charge in [0.2, 0.25) is 5.95 Å². The molecular formula is C16H17BrN4O. The molecule has 0 bridgehead atoms. The van der Waals surface area contributed by atoms with Crippen molar-refractivity contribution in [1.82, 2.24) is 19.7 Å². The zero-order valence-electron chi connectivity index (χ0n) is 12.0. The quantitative estimate of drug-likeness (QED) is 0.737. The Morgan fingerprint density at radius 3 is 2.64 bits per heavy atom. The summed E-state index contributed by atoms with van der Waals surface area (Å²) < 4.78 is 1.53. The molecule has 0 unspecified atom stereocenters. The summed E-state index contributed by atoms with van der Waals surface area (Å²) in [4.78, 5) is 20.0. The highest BCUT2D eigenvalue weighted by Gasteiger charge is 2.19. The lowest BCUT2D eigenvalue weighted by atomic mass is 9.98. The molecule has 0 spiro atoms. The van der Waals surface area contributed by atoms with E-state index in [4.69, 9.17) is 0 Å². The maximum atomic E-state index is 12.4. The molecule has 0 fully saturated rings. The number of fused-ring (bicyclic) bond motifs is 1. The molecule has 5 nitrogen and oxygen atoms in total. The first-order valence-corrected chi connectivity index (χ1v) is 7.26. The van der Waals surface area contributed by atoms with Crippen molar-refractivity contribution in [2.24, 2.45) is 0 Å². The number of aromatic nitrogens is 4. The molecule has 4 rings (SSSR count). The zero-order valence-corrected chi connectivity index (χ0v) is 13.7. The molecule has 0 saturated carbocycles. The molecule has 1 aromatic carbocycles. The Morgan fingerprint density at radius 2 is 1.86 bits per heavy atom. The first kappa shape index (κ1) is 14.8. The average molecular weight is 361 g/mol. The van der Waals surface area contributed by atoms with E-state index in [0.717, 1.165) is 48.2 Å². The van der Waals surface area contributed by atoms with E-state index in [1.807, 2.05) is 30.3 Å². The van der Waals surface area contributed by atoms with E-state index in [0.29, 0.717) is 5.95 Å². The second-order valence-electron chi connectivity index (χ2n) is 5.40. The molecule has 2 aromatic heterocycles. The summed E-state index contributed by atoms with van der Waals surface area (Å²) in [5.41, 5.74) is 3.96. The molecule has 22 heavy (non-hydrogen) atoms. The summed E-state index contributed by atoms with van der Waals surface area (Å²) in [7, 11) is 0. The van der Waals surface area contributed by atoms with Crippen LogP contribution in [-0.4, -0.2) is 19.7 Å². The van der Waals surface area contributed by atoms with Gasteiger partial charge in [0.15, 0.2) is 0 Å². The summed E-state index contributed by atoms with van der Waals surface area (Å²) in [5, 5.41) is 3.19. The second kappa shape index (κ2) is 5.96. The van der Waals surface area contributed by atoms with E-state index in [1.54, 1.807) is 6.20 Å². The average Bonchev–Trinajstić information content (AvgIpc) is 3.14. The number of hydrogen-bond donors (Lipinski definition) is 2. The maximum absolute atomic E-state index is 12.4. The number of rotatable bonds is 2. The van der Waals surface area contributed by atoms with E-state index < -0.39 is 0 Å². The molecule has 2 N–H and O–H groups in total. The van der Waals surface area contributed by atoms with Gasteiger partial charge in [0, 0.05) is 11.3 Å². The summed E-state index contributed by atoms with van der Waals surface area (Å²) in [5.74, 6) is 0.549. The van der Waals surface area contributed by atoms with Gasteiger partial charge in [-0.25, -0.2) is 4.98 Å². The highest BCUT2D eigenvalue weighted by atomic mass is 79.9. The SMILES string of the molecule is Br.O=c1c2c([nH]n1-c1ncc(-c3ccccc3)[nH]1)CCCC2. The Balaban J connectivity index is 0.00000144. The minimum Gasteiger partial charge on any atom is -0.322 e. The van der Waals surface area contributed by atoms with Crippen molar-refractivity contribution in [3.05, 3.63) is 58.1 Å². The maximum Gasteiger partial charge on any atom is 0.277 e. The fraction of sp³-hybridized carbons (Fsp3) is 0.250. The molecule has 0 saturated heterocycles. The Labute approximate surface area is 138 Å². The van der Waals surface area contributed by atoms with Crippen LogP contribution in [0.3, 0.4) is 0 Å². The van der Waals surface area contributed by atoms with Crippen molar-refractivity contribution in [2.75, 3.05) is 0 Å². The van der Waals surface area contributed by atoms with E-state index >= 15 is 0 Å². The third-order valence-electron chi connectivity index (χ3n) is 4.03. The molecule has 0 atom stereocenters. The van der Waals surface area contributed by atoms with Gasteiger partial charge in [-0.2, -0.15) is 4.68 Å². The van der Waals surface area contributed by atoms with Crippen LogP contribution >= 0.6 is 17.0 Å². The van der Waals surface area contributed by atoms with Gasteiger partial charge >= 0.3 is 0 Å². The summed E-state index contributed by atoms with van der Waals surface area (Å²) in [6.07, 6.45) is 5.80. The molecule has 0 aliphatic heterocycles. The number of benzene rings is 1. The molecule has 0 amide bonds. The fourth-order valence-electron chi connectivity index (χ4n) is 2.92. The van der Waals surface area contributed by atoms with Crippen LogP contribution in [-0.2, 0) is 12.8 Å². The number of hydrogen-bond acceptors (Lipinski definition) is 2. The van der Waals surface area contributed by atoms with Crippen molar-refractivity contribution in [2.45, 2.75) is 25.7 Å². The van der Waals surface area contributed by atoms with Gasteiger partial charge in [-0.3, -0.25) is 9.89 Å². The highest BCUT2D eigenvalue weighted by molar-refractivity contribution is 8.93. The van der Waals surface area contributed by atoms with Gasteiger partial charge in [-0.15, -0.1) is 17.0 Å². The van der Waals surface area contributed by atoms with Crippen molar-refractivity contribution >= 4 is 17.0 Å². The van der Waals surface area contributed by atoms with Crippen molar-refractivity contribution in [3.8, 4) is 17.2 Å². The Morgan fingerprint density at radius 1 is 1.09 bits per heavy atom. The van der Waals surface area contributed by atoms with E-state index in [1.165, 1.54) is 4.68 Å². The van der Waals surface area contributed by atoms with Gasteiger partial charge in [0.1, 0.15) is 0 Å². The van der Waals surface area contributed by atoms with Gasteiger partial charge in [-0.1, -0.05) is 30.3 Å². The predicted octanol–water partition coefficient (Wildman–Crippen LogP) is 3.01. The number of aryl methyl sites for hydroxylation is 1. The van der Waals surface area contributed by atoms with Gasteiger partial charge in [0.05, 0.1) is 11.9 Å². The lowest BCUT2D eigenvalue weighted by Gasteiger charge is -2.07. The van der Waals surface area contributed by atoms with Crippen LogP contribution in [0.25, 0.3) is 17.2 Å². The summed E-state index contributed by atoms with van der Waals surface area (Å²) in [6, 6.07) is 9.97. The van der Waals surface area contributed by atoms with Crippen LogP contribution in [0.5, 0.6) is 0 Å². The Kier molecular flexibility index (Phi) is 4.02. The third kappa shape index (κ3) is 2.43. The largest absolute Gasteiger partial charge is 0.322 e. The van der Waals surface area contributed by atoms with Gasteiger partial charge in [-0.05, 0) is 31.2 Å². The van der Waals surface area contributed by atoms with Crippen LogP contribution < -0.4 is 5.56 Å². The Hall–Kier alpha value is -2.08. The number of halogens is 1. The standard InChI is InChI=1S/C16H16N4O.BrH/c21-15-12-8-4-5-9-13(12)19-20(15)16-17-10-14(18-16)11-6-2-1-3-7-11;/h1-3,6-7,10,19H,4-5,8-9H2,(H,17,18);1H. The van der Waals surface area contributed by atoms with Crippen molar-refractivity contribution in [3.63, 3.8) is 0 Å². The molecule has 0 radical (unpaired) electrons. The summed E-state index contributed by atoms with van der Waals surface area (Å²) >= 11 is 0. The van der Waals surface area contributed by atoms with Gasteiger partial charge in [0.25, 0.3) is 5.56 Å².